The molecule has 0 aromatic carbocycles. The first-order chi connectivity index (χ1) is 8.46. The van der Waals surface area contributed by atoms with Gasteiger partial charge in [0.2, 0.25) is 15.9 Å². The largest absolute Gasteiger partial charge is 0.390 e. The highest BCUT2D eigenvalue weighted by Gasteiger charge is 2.24. The van der Waals surface area contributed by atoms with Crippen LogP contribution in [0.1, 0.15) is 27.7 Å². The number of aliphatic hydroxyl groups is 1. The Labute approximate surface area is 116 Å². The lowest BCUT2D eigenvalue weighted by molar-refractivity contribution is -0.127. The predicted octanol–water partition coefficient (Wildman–Crippen LogP) is 0.0355. The van der Waals surface area contributed by atoms with Crippen LogP contribution in [0.5, 0.6) is 0 Å². The van der Waals surface area contributed by atoms with Crippen molar-refractivity contribution in [1.29, 1.82) is 0 Å². The lowest BCUT2D eigenvalue weighted by Crippen LogP contribution is -2.48. The van der Waals surface area contributed by atoms with Crippen LogP contribution in [-0.4, -0.2) is 55.7 Å². The van der Waals surface area contributed by atoms with Crippen molar-refractivity contribution in [3.8, 4) is 0 Å². The van der Waals surface area contributed by atoms with Gasteiger partial charge in [0.1, 0.15) is 0 Å². The van der Waals surface area contributed by atoms with E-state index in [2.05, 4.69) is 5.32 Å². The Bertz CT molecular complexity index is 395. The molecule has 1 amide bonds. The number of nitrogens with one attached hydrogen (secondary N) is 1. The fraction of sp³-hybridized carbons (Fsp3) is 0.917. The van der Waals surface area contributed by atoms with E-state index in [4.69, 9.17) is 0 Å². The molecule has 0 heterocycles. The molecule has 7 heteroatoms. The maximum atomic E-state index is 11.8. The number of likely N-dealkylation sites (N-methyl/N-ethyl adjacent to an activating group) is 1. The van der Waals surface area contributed by atoms with Gasteiger partial charge in [-0.1, -0.05) is 20.8 Å². The van der Waals surface area contributed by atoms with E-state index in [1.54, 1.807) is 6.92 Å². The summed E-state index contributed by atoms with van der Waals surface area (Å²) in [6.07, 6.45) is 0.132. The van der Waals surface area contributed by atoms with Crippen LogP contribution in [-0.2, 0) is 14.8 Å². The lowest BCUT2D eigenvalue weighted by Gasteiger charge is -2.26. The van der Waals surface area contributed by atoms with Crippen molar-refractivity contribution in [2.45, 2.75) is 39.8 Å². The summed E-state index contributed by atoms with van der Waals surface area (Å²) in [6.45, 7) is 7.33. The van der Waals surface area contributed by atoms with Crippen molar-refractivity contribution in [3.63, 3.8) is 0 Å². The normalized spacial score (nSPS) is 17.3. The molecule has 6 nitrogen and oxygen atoms in total. The zero-order chi connectivity index (χ0) is 15.4. The van der Waals surface area contributed by atoms with Gasteiger partial charge in [-0.25, -0.2) is 12.7 Å². The highest BCUT2D eigenvalue weighted by atomic mass is 32.2. The Balaban J connectivity index is 4.43. The molecule has 3 atom stereocenters. The molecule has 2 N–H and O–H groups in total. The van der Waals surface area contributed by atoms with Crippen LogP contribution >= 0.6 is 0 Å². The highest BCUT2D eigenvalue weighted by molar-refractivity contribution is 7.88. The Morgan fingerprint density at radius 3 is 2.11 bits per heavy atom. The molecule has 0 radical (unpaired) electrons. The molecule has 0 saturated heterocycles. The van der Waals surface area contributed by atoms with Gasteiger partial charge in [0.25, 0.3) is 0 Å². The molecule has 0 aliphatic heterocycles. The second-order valence-electron chi connectivity index (χ2n) is 5.44. The summed E-state index contributed by atoms with van der Waals surface area (Å²) in [5.41, 5.74) is 0. The molecule has 0 saturated carbocycles. The van der Waals surface area contributed by atoms with Crippen LogP contribution in [0, 0.1) is 11.8 Å². The SMILES string of the molecule is CC(C)C(C)C(=O)N[C@@H](C)C(O)CN(C)S(C)(=O)=O. The molecule has 0 aliphatic carbocycles. The van der Waals surface area contributed by atoms with E-state index in [0.29, 0.717) is 0 Å². The standard InChI is InChI=1S/C12H26N2O4S/c1-8(2)9(3)12(16)13-10(4)11(15)7-14(5)19(6,17)18/h8-11,15H,7H2,1-6H3,(H,13,16)/t9?,10-,11?/m0/s1. The van der Waals surface area contributed by atoms with Crippen molar-refractivity contribution in [2.75, 3.05) is 19.8 Å². The van der Waals surface area contributed by atoms with Gasteiger partial charge in [0, 0.05) is 19.5 Å². The molecule has 0 bridgehead atoms. The topological polar surface area (TPSA) is 86.7 Å². The van der Waals surface area contributed by atoms with E-state index in [1.807, 2.05) is 20.8 Å². The predicted molar refractivity (Wildman–Crippen MR) is 75.1 cm³/mol. The summed E-state index contributed by atoms with van der Waals surface area (Å²) in [4.78, 5) is 11.8. The minimum absolute atomic E-state index is 0.0453. The van der Waals surface area contributed by atoms with Crippen molar-refractivity contribution < 1.29 is 18.3 Å². The van der Waals surface area contributed by atoms with Crippen LogP contribution in [0.3, 0.4) is 0 Å². The third kappa shape index (κ3) is 6.35. The zero-order valence-corrected chi connectivity index (χ0v) is 13.4. The maximum Gasteiger partial charge on any atom is 0.223 e. The third-order valence-electron chi connectivity index (χ3n) is 3.37. The molecule has 114 valence electrons. The monoisotopic (exact) mass is 294 g/mol. The Morgan fingerprint density at radius 1 is 1.26 bits per heavy atom. The Kier molecular flexibility index (Phi) is 6.96. The first-order valence-corrected chi connectivity index (χ1v) is 8.21. The zero-order valence-electron chi connectivity index (χ0n) is 12.5. The van der Waals surface area contributed by atoms with E-state index in [0.717, 1.165) is 10.6 Å². The van der Waals surface area contributed by atoms with E-state index in [-0.39, 0.29) is 24.3 Å². The molecule has 0 rings (SSSR count). The number of amides is 1. The Morgan fingerprint density at radius 2 is 1.74 bits per heavy atom. The molecule has 0 aromatic rings. The van der Waals surface area contributed by atoms with Gasteiger partial charge in [-0.05, 0) is 12.8 Å². The molecule has 19 heavy (non-hydrogen) atoms. The molecular weight excluding hydrogens is 268 g/mol. The quantitative estimate of drug-likeness (QED) is 0.694. The van der Waals surface area contributed by atoms with Crippen molar-refractivity contribution in [1.82, 2.24) is 9.62 Å². The van der Waals surface area contributed by atoms with Gasteiger partial charge in [0.05, 0.1) is 18.4 Å². The number of aliphatic hydroxyl groups excluding tert-OH is 1. The molecule has 0 aliphatic rings. The molecule has 0 spiro atoms. The average molecular weight is 294 g/mol. The molecule has 2 unspecified atom stereocenters. The summed E-state index contributed by atoms with van der Waals surface area (Å²) >= 11 is 0. The fourth-order valence-corrected chi connectivity index (χ4v) is 1.74. The number of rotatable bonds is 7. The fourth-order valence-electron chi connectivity index (χ4n) is 1.31. The second kappa shape index (κ2) is 7.21. The molecule has 0 fully saturated rings. The number of hydrogen-bond donors (Lipinski definition) is 2. The minimum atomic E-state index is -3.33. The van der Waals surface area contributed by atoms with Crippen molar-refractivity contribution in [3.05, 3.63) is 0 Å². The highest BCUT2D eigenvalue weighted by Crippen LogP contribution is 2.10. The number of hydrogen-bond acceptors (Lipinski definition) is 4. The van der Waals surface area contributed by atoms with Crippen LogP contribution in [0.15, 0.2) is 0 Å². The van der Waals surface area contributed by atoms with Crippen LogP contribution < -0.4 is 5.32 Å². The maximum absolute atomic E-state index is 11.8. The van der Waals surface area contributed by atoms with Crippen molar-refractivity contribution in [2.24, 2.45) is 11.8 Å². The van der Waals surface area contributed by atoms with Gasteiger partial charge >= 0.3 is 0 Å². The summed E-state index contributed by atoms with van der Waals surface area (Å²) in [7, 11) is -1.94. The molecule has 0 aromatic heterocycles. The van der Waals surface area contributed by atoms with E-state index in [9.17, 15) is 18.3 Å². The summed E-state index contributed by atoms with van der Waals surface area (Å²) in [5.74, 6) is -0.0751. The number of carbonyl (C=O) groups is 1. The van der Waals surface area contributed by atoms with Gasteiger partial charge in [0.15, 0.2) is 0 Å². The Hall–Kier alpha value is -0.660. The van der Waals surface area contributed by atoms with E-state index >= 15 is 0 Å². The second-order valence-corrected chi connectivity index (χ2v) is 7.53. The smallest absolute Gasteiger partial charge is 0.223 e. The lowest BCUT2D eigenvalue weighted by atomic mass is 9.97. The average Bonchev–Trinajstić information content (AvgIpc) is 2.25. The van der Waals surface area contributed by atoms with Crippen LogP contribution in [0.4, 0.5) is 0 Å². The van der Waals surface area contributed by atoms with Gasteiger partial charge < -0.3 is 10.4 Å². The third-order valence-corrected chi connectivity index (χ3v) is 4.65. The van der Waals surface area contributed by atoms with Gasteiger partial charge in [-0.2, -0.15) is 0 Å². The molecular formula is C12H26N2O4S. The van der Waals surface area contributed by atoms with Gasteiger partial charge in [-0.3, -0.25) is 4.79 Å². The minimum Gasteiger partial charge on any atom is -0.390 e. The number of sulfonamides is 1. The number of carbonyl (C=O) groups excluding carboxylic acids is 1. The van der Waals surface area contributed by atoms with Crippen LogP contribution in [0.25, 0.3) is 0 Å². The number of nitrogens with zero attached hydrogens (tertiary/aromatic N) is 1. The van der Waals surface area contributed by atoms with Crippen molar-refractivity contribution >= 4 is 15.9 Å². The van der Waals surface area contributed by atoms with E-state index < -0.39 is 22.2 Å². The first kappa shape index (κ1) is 18.3. The first-order valence-electron chi connectivity index (χ1n) is 6.36. The van der Waals surface area contributed by atoms with Gasteiger partial charge in [-0.15, -0.1) is 0 Å². The summed E-state index contributed by atoms with van der Waals surface area (Å²) in [6, 6.07) is -0.502. The van der Waals surface area contributed by atoms with Crippen LogP contribution in [0.2, 0.25) is 0 Å². The summed E-state index contributed by atoms with van der Waals surface area (Å²) in [5, 5.41) is 12.6. The van der Waals surface area contributed by atoms with E-state index in [1.165, 1.54) is 7.05 Å². The summed E-state index contributed by atoms with van der Waals surface area (Å²) < 4.78 is 23.5.